The summed E-state index contributed by atoms with van der Waals surface area (Å²) in [5.74, 6) is 0.143. The summed E-state index contributed by atoms with van der Waals surface area (Å²) in [4.78, 5) is 19.7. The highest BCUT2D eigenvalue weighted by Gasteiger charge is 2.06. The Hall–Kier alpha value is -1.85. The fourth-order valence-corrected chi connectivity index (χ4v) is 1.84. The molecule has 0 unspecified atom stereocenters. The third kappa shape index (κ3) is 5.97. The Morgan fingerprint density at radius 1 is 1.10 bits per heavy atom. The predicted octanol–water partition coefficient (Wildman–Crippen LogP) is 4.76. The van der Waals surface area contributed by atoms with Gasteiger partial charge >= 0.3 is 6.03 Å². The first-order chi connectivity index (χ1) is 10.0. The minimum Gasteiger partial charge on any atom is -0.308 e. The topological polar surface area (TPSA) is 66.9 Å². The molecule has 1 heterocycles. The molecule has 112 valence electrons. The monoisotopic (exact) mass is 326 g/mol. The third-order valence-corrected chi connectivity index (χ3v) is 2.56. The number of halogens is 2. The number of carbonyl (C=O) groups is 1. The average Bonchev–Trinajstić information content (AvgIpc) is 2.39. The largest absolute Gasteiger partial charge is 0.326 e. The second kappa shape index (κ2) is 8.44. The van der Waals surface area contributed by atoms with Crippen LogP contribution in [-0.2, 0) is 0 Å². The summed E-state index contributed by atoms with van der Waals surface area (Å²) in [7, 11) is 0. The van der Waals surface area contributed by atoms with E-state index in [-0.39, 0.29) is 11.1 Å². The number of nitrogens with zero attached hydrogens (tertiary/aromatic N) is 2. The summed E-state index contributed by atoms with van der Waals surface area (Å²) in [6.45, 7) is 5.76. The van der Waals surface area contributed by atoms with E-state index >= 15 is 0 Å². The molecule has 0 atom stereocenters. The Balaban J connectivity index is 0.00000106. The molecular formula is C14H16Cl2N4O. The van der Waals surface area contributed by atoms with Gasteiger partial charge in [0.2, 0.25) is 5.95 Å². The summed E-state index contributed by atoms with van der Waals surface area (Å²) < 4.78 is 0. The van der Waals surface area contributed by atoms with Gasteiger partial charge in [-0.2, -0.15) is 0 Å². The lowest BCUT2D eigenvalue weighted by atomic mass is 10.3. The molecule has 0 spiro atoms. The Bertz CT molecular complexity index is 599. The molecule has 1 aromatic heterocycles. The van der Waals surface area contributed by atoms with Crippen molar-refractivity contribution in [1.29, 1.82) is 0 Å². The third-order valence-electron chi connectivity index (χ3n) is 2.13. The molecular weight excluding hydrogens is 311 g/mol. The van der Waals surface area contributed by atoms with Crippen molar-refractivity contribution >= 4 is 40.9 Å². The van der Waals surface area contributed by atoms with E-state index < -0.39 is 6.03 Å². The van der Waals surface area contributed by atoms with Gasteiger partial charge in [0.15, 0.2) is 0 Å². The molecule has 7 heteroatoms. The first kappa shape index (κ1) is 17.2. The molecule has 2 amide bonds. The quantitative estimate of drug-likeness (QED) is 0.781. The second-order valence-corrected chi connectivity index (χ2v) is 4.57. The molecule has 2 aromatic rings. The number of nitrogens with one attached hydrogen (secondary N) is 2. The minimum atomic E-state index is -0.469. The number of hydrogen-bond donors (Lipinski definition) is 2. The van der Waals surface area contributed by atoms with Gasteiger partial charge in [-0.15, -0.1) is 0 Å². The molecule has 0 saturated carbocycles. The number of rotatable bonds is 2. The van der Waals surface area contributed by atoms with Crippen LogP contribution >= 0.6 is 23.2 Å². The van der Waals surface area contributed by atoms with Crippen LogP contribution in [0.15, 0.2) is 30.3 Å². The predicted molar refractivity (Wildman–Crippen MR) is 87.2 cm³/mol. The van der Waals surface area contributed by atoms with E-state index in [4.69, 9.17) is 23.2 Å². The summed E-state index contributed by atoms with van der Waals surface area (Å²) >= 11 is 11.6. The number of aromatic nitrogens is 2. The van der Waals surface area contributed by atoms with E-state index in [1.165, 1.54) is 0 Å². The maximum atomic E-state index is 11.7. The van der Waals surface area contributed by atoms with Crippen LogP contribution in [0.5, 0.6) is 0 Å². The number of hydrogen-bond acceptors (Lipinski definition) is 3. The molecule has 2 rings (SSSR count). The lowest BCUT2D eigenvalue weighted by molar-refractivity contribution is 0.262. The molecule has 5 nitrogen and oxygen atoms in total. The summed E-state index contributed by atoms with van der Waals surface area (Å²) in [6.07, 6.45) is 0. The van der Waals surface area contributed by atoms with E-state index in [0.717, 1.165) is 0 Å². The van der Waals surface area contributed by atoms with Gasteiger partial charge in [0.1, 0.15) is 5.15 Å². The maximum Gasteiger partial charge on any atom is 0.326 e. The number of carbonyl (C=O) groups excluding carboxylic acids is 1. The Morgan fingerprint density at radius 3 is 2.43 bits per heavy atom. The van der Waals surface area contributed by atoms with Gasteiger partial charge in [-0.1, -0.05) is 43.1 Å². The van der Waals surface area contributed by atoms with Gasteiger partial charge in [-0.3, -0.25) is 5.32 Å². The van der Waals surface area contributed by atoms with Gasteiger partial charge in [0.05, 0.1) is 0 Å². The van der Waals surface area contributed by atoms with Crippen LogP contribution in [0.4, 0.5) is 16.4 Å². The van der Waals surface area contributed by atoms with Crippen LogP contribution in [0.3, 0.4) is 0 Å². The van der Waals surface area contributed by atoms with Crippen molar-refractivity contribution < 1.29 is 4.79 Å². The number of aryl methyl sites for hydroxylation is 1. The summed E-state index contributed by atoms with van der Waals surface area (Å²) in [5.41, 5.74) is 1.24. The molecule has 0 radical (unpaired) electrons. The van der Waals surface area contributed by atoms with Gasteiger partial charge in [0.25, 0.3) is 0 Å². The SMILES string of the molecule is CC.Cc1cc(Cl)nc(NC(=O)Nc2cccc(Cl)c2)n1. The first-order valence-corrected chi connectivity index (χ1v) is 7.13. The smallest absolute Gasteiger partial charge is 0.308 e. The molecule has 0 aliphatic carbocycles. The van der Waals surface area contributed by atoms with E-state index in [2.05, 4.69) is 20.6 Å². The van der Waals surface area contributed by atoms with Crippen molar-refractivity contribution in [2.45, 2.75) is 20.8 Å². The standard InChI is InChI=1S/C12H10Cl2N4O.C2H6/c1-7-5-10(14)17-11(15-7)18-12(19)16-9-4-2-3-8(13)6-9;1-2/h2-6H,1H3,(H2,15,16,17,18,19);1-2H3. The molecule has 0 saturated heterocycles. The zero-order chi connectivity index (χ0) is 15.8. The van der Waals surface area contributed by atoms with Crippen molar-refractivity contribution in [1.82, 2.24) is 9.97 Å². The van der Waals surface area contributed by atoms with Crippen LogP contribution in [0.25, 0.3) is 0 Å². The second-order valence-electron chi connectivity index (χ2n) is 3.75. The normalized spacial score (nSPS) is 9.38. The van der Waals surface area contributed by atoms with Gasteiger partial charge in [-0.05, 0) is 31.2 Å². The Morgan fingerprint density at radius 2 is 1.81 bits per heavy atom. The molecule has 0 fully saturated rings. The number of anilines is 2. The zero-order valence-electron chi connectivity index (χ0n) is 11.9. The van der Waals surface area contributed by atoms with Crippen molar-refractivity contribution in [3.63, 3.8) is 0 Å². The molecule has 1 aromatic carbocycles. The van der Waals surface area contributed by atoms with Crippen LogP contribution in [0, 0.1) is 6.92 Å². The molecule has 0 aliphatic rings. The maximum absolute atomic E-state index is 11.7. The van der Waals surface area contributed by atoms with Gasteiger partial charge < -0.3 is 5.32 Å². The van der Waals surface area contributed by atoms with Crippen molar-refractivity contribution in [2.24, 2.45) is 0 Å². The molecule has 0 aliphatic heterocycles. The van der Waals surface area contributed by atoms with Crippen LogP contribution in [-0.4, -0.2) is 16.0 Å². The lowest BCUT2D eigenvalue weighted by Crippen LogP contribution is -2.21. The fourth-order valence-electron chi connectivity index (χ4n) is 1.42. The highest BCUT2D eigenvalue weighted by atomic mass is 35.5. The fraction of sp³-hybridized carbons (Fsp3) is 0.214. The van der Waals surface area contributed by atoms with E-state index in [1.54, 1.807) is 37.3 Å². The number of urea groups is 1. The van der Waals surface area contributed by atoms with Crippen LogP contribution < -0.4 is 10.6 Å². The molecule has 21 heavy (non-hydrogen) atoms. The zero-order valence-corrected chi connectivity index (χ0v) is 13.5. The van der Waals surface area contributed by atoms with Crippen molar-refractivity contribution in [3.05, 3.63) is 46.2 Å². The van der Waals surface area contributed by atoms with Crippen LogP contribution in [0.1, 0.15) is 19.5 Å². The van der Waals surface area contributed by atoms with Gasteiger partial charge in [0, 0.05) is 16.4 Å². The summed E-state index contributed by atoms with van der Waals surface area (Å²) in [6, 6.07) is 7.93. The summed E-state index contributed by atoms with van der Waals surface area (Å²) in [5, 5.41) is 5.91. The minimum absolute atomic E-state index is 0.143. The Kier molecular flexibility index (Phi) is 6.91. The highest BCUT2D eigenvalue weighted by molar-refractivity contribution is 6.31. The molecule has 2 N–H and O–H groups in total. The number of amides is 2. The first-order valence-electron chi connectivity index (χ1n) is 6.38. The van der Waals surface area contributed by atoms with Crippen molar-refractivity contribution in [3.8, 4) is 0 Å². The Labute approximate surface area is 133 Å². The molecule has 0 bridgehead atoms. The van der Waals surface area contributed by atoms with Crippen LogP contribution in [0.2, 0.25) is 10.2 Å². The number of benzene rings is 1. The van der Waals surface area contributed by atoms with Gasteiger partial charge in [-0.25, -0.2) is 14.8 Å². The van der Waals surface area contributed by atoms with E-state index in [1.807, 2.05) is 13.8 Å². The van der Waals surface area contributed by atoms with E-state index in [0.29, 0.717) is 16.4 Å². The van der Waals surface area contributed by atoms with E-state index in [9.17, 15) is 4.79 Å². The van der Waals surface area contributed by atoms with Crippen molar-refractivity contribution in [2.75, 3.05) is 10.6 Å². The lowest BCUT2D eigenvalue weighted by Gasteiger charge is -2.07. The highest BCUT2D eigenvalue weighted by Crippen LogP contribution is 2.15. The average molecular weight is 327 g/mol.